The van der Waals surface area contributed by atoms with Gasteiger partial charge in [0.05, 0.1) is 4.92 Å². The van der Waals surface area contributed by atoms with Gasteiger partial charge in [-0.3, -0.25) is 10.1 Å². The van der Waals surface area contributed by atoms with Crippen molar-refractivity contribution in [3.63, 3.8) is 0 Å². The molecule has 5 nitrogen and oxygen atoms in total. The first-order valence-electron chi connectivity index (χ1n) is 6.92. The highest BCUT2D eigenvalue weighted by Gasteiger charge is 2.10. The van der Waals surface area contributed by atoms with Gasteiger partial charge in [0.1, 0.15) is 0 Å². The van der Waals surface area contributed by atoms with Gasteiger partial charge < -0.3 is 10.2 Å². The van der Waals surface area contributed by atoms with Crippen LogP contribution < -0.4 is 5.32 Å². The number of likely N-dealkylation sites (tertiary alicyclic amines) is 1. The summed E-state index contributed by atoms with van der Waals surface area (Å²) in [6, 6.07) is 3.41. The van der Waals surface area contributed by atoms with E-state index in [1.165, 1.54) is 43.7 Å². The summed E-state index contributed by atoms with van der Waals surface area (Å²) in [4.78, 5) is 13.8. The van der Waals surface area contributed by atoms with Crippen LogP contribution in [-0.4, -0.2) is 36.0 Å². The van der Waals surface area contributed by atoms with Gasteiger partial charge in [0.15, 0.2) is 0 Å². The van der Waals surface area contributed by atoms with Crippen LogP contribution in [-0.2, 0) is 6.54 Å². The van der Waals surface area contributed by atoms with Crippen LogP contribution >= 0.6 is 11.3 Å². The molecule has 2 rings (SSSR count). The van der Waals surface area contributed by atoms with Crippen LogP contribution in [0.5, 0.6) is 0 Å². The molecule has 0 unspecified atom stereocenters. The summed E-state index contributed by atoms with van der Waals surface area (Å²) in [5.41, 5.74) is 0. The summed E-state index contributed by atoms with van der Waals surface area (Å²) in [5, 5.41) is 14.1. The van der Waals surface area contributed by atoms with E-state index >= 15 is 0 Å². The average Bonchev–Trinajstić information content (AvgIpc) is 2.89. The molecule has 1 N–H and O–H groups in total. The Kier molecular flexibility index (Phi) is 5.75. The van der Waals surface area contributed by atoms with E-state index in [0.717, 1.165) is 30.9 Å². The number of nitro groups is 1. The monoisotopic (exact) mass is 283 g/mol. The molecule has 0 radical (unpaired) electrons. The van der Waals surface area contributed by atoms with Gasteiger partial charge in [-0.15, -0.1) is 0 Å². The molecule has 0 spiro atoms. The van der Waals surface area contributed by atoms with Crippen molar-refractivity contribution < 1.29 is 4.92 Å². The first-order valence-corrected chi connectivity index (χ1v) is 7.73. The van der Waals surface area contributed by atoms with Crippen LogP contribution in [0.4, 0.5) is 5.00 Å². The smallest absolute Gasteiger partial charge is 0.312 e. The minimum Gasteiger partial charge on any atom is -0.312 e. The number of nitrogens with one attached hydrogen (secondary N) is 1. The third-order valence-electron chi connectivity index (χ3n) is 3.40. The second-order valence-electron chi connectivity index (χ2n) is 4.93. The van der Waals surface area contributed by atoms with E-state index in [9.17, 15) is 10.1 Å². The predicted molar refractivity (Wildman–Crippen MR) is 77.6 cm³/mol. The van der Waals surface area contributed by atoms with Gasteiger partial charge in [-0.2, -0.15) is 0 Å². The van der Waals surface area contributed by atoms with Crippen molar-refractivity contribution in [2.24, 2.45) is 0 Å². The van der Waals surface area contributed by atoms with Gasteiger partial charge in [0.2, 0.25) is 0 Å². The molecular weight excluding hydrogens is 262 g/mol. The van der Waals surface area contributed by atoms with Crippen LogP contribution in [0, 0.1) is 10.1 Å². The van der Waals surface area contributed by atoms with E-state index in [1.807, 2.05) is 6.07 Å². The number of piperidine rings is 1. The Hall–Kier alpha value is -0.980. The minimum absolute atomic E-state index is 0.227. The number of thiophene rings is 1. The highest BCUT2D eigenvalue weighted by atomic mass is 32.1. The molecular formula is C13H21N3O2S. The predicted octanol–water partition coefficient (Wildman–Crippen LogP) is 2.62. The van der Waals surface area contributed by atoms with Gasteiger partial charge in [-0.1, -0.05) is 17.8 Å². The molecule has 1 saturated heterocycles. The summed E-state index contributed by atoms with van der Waals surface area (Å²) in [6.45, 7) is 5.37. The number of rotatable bonds is 7. The lowest BCUT2D eigenvalue weighted by Crippen LogP contribution is -2.32. The van der Waals surface area contributed by atoms with Crippen molar-refractivity contribution >= 4 is 16.3 Å². The molecule has 1 aliphatic rings. The second kappa shape index (κ2) is 7.57. The molecule has 1 aromatic rings. The first kappa shape index (κ1) is 14.4. The Balaban J connectivity index is 1.57. The maximum Gasteiger partial charge on any atom is 0.324 e. The first-order chi connectivity index (χ1) is 9.25. The Morgan fingerprint density at radius 2 is 2.11 bits per heavy atom. The standard InChI is InChI=1S/C13H21N3O2S/c17-16(18)13-6-5-12(19-13)11-14-7-4-10-15-8-2-1-3-9-15/h5-6,14H,1-4,7-11H2. The van der Waals surface area contributed by atoms with Crippen molar-refractivity contribution in [3.05, 3.63) is 27.1 Å². The molecule has 0 aromatic carbocycles. The van der Waals surface area contributed by atoms with Gasteiger partial charge >= 0.3 is 5.00 Å². The largest absolute Gasteiger partial charge is 0.324 e. The maximum absolute atomic E-state index is 10.6. The van der Waals surface area contributed by atoms with Crippen molar-refractivity contribution in [3.8, 4) is 0 Å². The summed E-state index contributed by atoms with van der Waals surface area (Å²) in [5.74, 6) is 0. The Labute approximate surface area is 117 Å². The summed E-state index contributed by atoms with van der Waals surface area (Å²) < 4.78 is 0. The highest BCUT2D eigenvalue weighted by Crippen LogP contribution is 2.23. The summed E-state index contributed by atoms with van der Waals surface area (Å²) in [7, 11) is 0. The van der Waals surface area contributed by atoms with Gasteiger partial charge in [-0.05, 0) is 51.5 Å². The molecule has 0 atom stereocenters. The van der Waals surface area contributed by atoms with E-state index in [1.54, 1.807) is 6.07 Å². The van der Waals surface area contributed by atoms with E-state index in [4.69, 9.17) is 0 Å². The Morgan fingerprint density at radius 1 is 1.32 bits per heavy atom. The molecule has 0 aliphatic carbocycles. The molecule has 6 heteroatoms. The van der Waals surface area contributed by atoms with Crippen molar-refractivity contribution in [2.75, 3.05) is 26.2 Å². The molecule has 1 aliphatic heterocycles. The molecule has 0 amide bonds. The van der Waals surface area contributed by atoms with Crippen LogP contribution in [0.3, 0.4) is 0 Å². The normalized spacial score (nSPS) is 16.6. The zero-order valence-electron chi connectivity index (χ0n) is 11.1. The van der Waals surface area contributed by atoms with Gasteiger partial charge in [0, 0.05) is 17.5 Å². The van der Waals surface area contributed by atoms with Gasteiger partial charge in [0.25, 0.3) is 0 Å². The highest BCUT2D eigenvalue weighted by molar-refractivity contribution is 7.15. The number of nitrogens with zero attached hydrogens (tertiary/aromatic N) is 2. The fraction of sp³-hybridized carbons (Fsp3) is 0.692. The van der Waals surface area contributed by atoms with Crippen LogP contribution in [0.15, 0.2) is 12.1 Å². The SMILES string of the molecule is O=[N+]([O-])c1ccc(CNCCCN2CCCCC2)s1. The molecule has 0 saturated carbocycles. The van der Waals surface area contributed by atoms with E-state index in [-0.39, 0.29) is 9.92 Å². The van der Waals surface area contributed by atoms with Crippen molar-refractivity contribution in [1.29, 1.82) is 0 Å². The number of hydrogen-bond acceptors (Lipinski definition) is 5. The summed E-state index contributed by atoms with van der Waals surface area (Å²) >= 11 is 1.26. The zero-order valence-corrected chi connectivity index (χ0v) is 12.0. The van der Waals surface area contributed by atoms with Crippen LogP contribution in [0.1, 0.15) is 30.6 Å². The molecule has 1 fully saturated rings. The maximum atomic E-state index is 10.6. The average molecular weight is 283 g/mol. The van der Waals surface area contributed by atoms with E-state index in [0.29, 0.717) is 0 Å². The zero-order chi connectivity index (χ0) is 13.5. The lowest BCUT2D eigenvalue weighted by atomic mass is 10.1. The lowest BCUT2D eigenvalue weighted by Gasteiger charge is -2.26. The van der Waals surface area contributed by atoms with Crippen molar-refractivity contribution in [1.82, 2.24) is 10.2 Å². The molecule has 1 aromatic heterocycles. The summed E-state index contributed by atoms with van der Waals surface area (Å²) in [6.07, 6.45) is 5.21. The Bertz CT molecular complexity index is 402. The van der Waals surface area contributed by atoms with Crippen LogP contribution in [0.25, 0.3) is 0 Å². The topological polar surface area (TPSA) is 58.4 Å². The third-order valence-corrected chi connectivity index (χ3v) is 4.44. The fourth-order valence-electron chi connectivity index (χ4n) is 2.38. The minimum atomic E-state index is -0.329. The molecule has 2 heterocycles. The number of hydrogen-bond donors (Lipinski definition) is 1. The van der Waals surface area contributed by atoms with E-state index < -0.39 is 0 Å². The lowest BCUT2D eigenvalue weighted by molar-refractivity contribution is -0.380. The molecule has 106 valence electrons. The quantitative estimate of drug-likeness (QED) is 0.475. The third kappa shape index (κ3) is 4.89. The molecule has 0 bridgehead atoms. The second-order valence-corrected chi connectivity index (χ2v) is 6.08. The fourth-order valence-corrected chi connectivity index (χ4v) is 3.17. The molecule has 19 heavy (non-hydrogen) atoms. The van der Waals surface area contributed by atoms with Crippen molar-refractivity contribution in [2.45, 2.75) is 32.2 Å². The van der Waals surface area contributed by atoms with E-state index in [2.05, 4.69) is 10.2 Å². The van der Waals surface area contributed by atoms with Gasteiger partial charge in [-0.25, -0.2) is 0 Å². The Morgan fingerprint density at radius 3 is 2.79 bits per heavy atom. The van der Waals surface area contributed by atoms with Crippen LogP contribution in [0.2, 0.25) is 0 Å².